The molecule has 0 fully saturated rings. The summed E-state index contributed by atoms with van der Waals surface area (Å²) in [6.45, 7) is 4.01. The minimum absolute atomic E-state index is 0.235. The first kappa shape index (κ1) is 19.1. The number of nitrogens with zero attached hydrogens (tertiary/aromatic N) is 2. The van der Waals surface area contributed by atoms with Crippen molar-refractivity contribution >= 4 is 50.1 Å². The third kappa shape index (κ3) is 3.19. The van der Waals surface area contributed by atoms with Crippen LogP contribution in [0.5, 0.6) is 0 Å². The van der Waals surface area contributed by atoms with Gasteiger partial charge < -0.3 is 5.32 Å². The molecule has 0 bridgehead atoms. The van der Waals surface area contributed by atoms with Crippen molar-refractivity contribution < 1.29 is 14.4 Å². The van der Waals surface area contributed by atoms with E-state index in [0.717, 1.165) is 26.4 Å². The Bertz CT molecular complexity index is 1370. The number of amides is 3. The van der Waals surface area contributed by atoms with Crippen LogP contribution in [0.25, 0.3) is 10.2 Å². The van der Waals surface area contributed by atoms with Crippen molar-refractivity contribution in [2.24, 2.45) is 0 Å². The van der Waals surface area contributed by atoms with E-state index in [-0.39, 0.29) is 17.7 Å². The molecule has 0 radical (unpaired) electrons. The van der Waals surface area contributed by atoms with Crippen LogP contribution in [0.4, 0.5) is 10.8 Å². The van der Waals surface area contributed by atoms with Crippen LogP contribution in [0.15, 0.2) is 60.7 Å². The zero-order valence-electron chi connectivity index (χ0n) is 16.8. The lowest BCUT2D eigenvalue weighted by atomic mass is 10.1. The lowest BCUT2D eigenvalue weighted by Crippen LogP contribution is -2.29. The van der Waals surface area contributed by atoms with Gasteiger partial charge in [-0.1, -0.05) is 29.5 Å². The molecule has 0 atom stereocenters. The Balaban J connectivity index is 1.44. The van der Waals surface area contributed by atoms with E-state index in [0.29, 0.717) is 27.3 Å². The molecule has 1 N–H and O–H groups in total. The van der Waals surface area contributed by atoms with Gasteiger partial charge in [0.15, 0.2) is 0 Å². The third-order valence-corrected chi connectivity index (χ3v) is 6.39. The number of nitrogens with one attached hydrogen (secondary N) is 1. The summed E-state index contributed by atoms with van der Waals surface area (Å²) in [4.78, 5) is 43.7. The first-order valence-electron chi connectivity index (χ1n) is 9.69. The monoisotopic (exact) mass is 427 g/mol. The van der Waals surface area contributed by atoms with Gasteiger partial charge in [0, 0.05) is 11.3 Å². The molecule has 0 saturated heterocycles. The molecule has 4 aromatic rings. The smallest absolute Gasteiger partial charge is 0.268 e. The quantitative estimate of drug-likeness (QED) is 0.469. The third-order valence-electron chi connectivity index (χ3n) is 5.39. The predicted octanol–water partition coefficient (Wildman–Crippen LogP) is 4.97. The molecule has 1 aliphatic heterocycles. The van der Waals surface area contributed by atoms with Gasteiger partial charge in [-0.3, -0.25) is 14.4 Å². The van der Waals surface area contributed by atoms with E-state index < -0.39 is 0 Å². The highest BCUT2D eigenvalue weighted by Crippen LogP contribution is 2.34. The van der Waals surface area contributed by atoms with Gasteiger partial charge in [-0.25, -0.2) is 9.88 Å². The molecule has 0 spiro atoms. The number of fused-ring (bicyclic) bond motifs is 2. The number of imide groups is 1. The predicted molar refractivity (Wildman–Crippen MR) is 121 cm³/mol. The number of carbonyl (C=O) groups is 3. The van der Waals surface area contributed by atoms with E-state index >= 15 is 0 Å². The molecule has 7 heteroatoms. The lowest BCUT2D eigenvalue weighted by Gasteiger charge is -2.08. The Morgan fingerprint density at radius 1 is 0.903 bits per heavy atom. The summed E-state index contributed by atoms with van der Waals surface area (Å²) in [6.07, 6.45) is 0. The van der Waals surface area contributed by atoms with Crippen molar-refractivity contribution in [3.05, 3.63) is 88.5 Å². The summed E-state index contributed by atoms with van der Waals surface area (Å²) in [6, 6.07) is 17.6. The highest BCUT2D eigenvalue weighted by atomic mass is 32.1. The molecule has 2 heterocycles. The fraction of sp³-hybridized carbons (Fsp3) is 0.0833. The number of benzene rings is 3. The molecule has 0 aliphatic carbocycles. The standard InChI is InChI=1S/C24H17N3O3S/c1-13-7-9-16(11-14(13)2)25-21(28)15-8-10-19-20(12-15)31-24(26-19)27-22(29)17-5-3-4-6-18(17)23(27)30/h3-12H,1-2H3,(H,25,28). The number of thiazole rings is 1. The van der Waals surface area contributed by atoms with E-state index in [1.165, 1.54) is 11.3 Å². The number of aryl methyl sites for hydroxylation is 2. The minimum atomic E-state index is -0.382. The van der Waals surface area contributed by atoms with Gasteiger partial charge in [-0.2, -0.15) is 0 Å². The number of carbonyl (C=O) groups excluding carboxylic acids is 3. The Morgan fingerprint density at radius 3 is 2.29 bits per heavy atom. The number of hydrogen-bond donors (Lipinski definition) is 1. The van der Waals surface area contributed by atoms with Crippen LogP contribution in [0.3, 0.4) is 0 Å². The van der Waals surface area contributed by atoms with Crippen molar-refractivity contribution in [2.45, 2.75) is 13.8 Å². The molecule has 152 valence electrons. The van der Waals surface area contributed by atoms with Crippen molar-refractivity contribution in [3.8, 4) is 0 Å². The summed E-state index contributed by atoms with van der Waals surface area (Å²) in [5.41, 5.74) is 4.83. The maximum atomic E-state index is 12.7. The van der Waals surface area contributed by atoms with Crippen molar-refractivity contribution in [3.63, 3.8) is 0 Å². The topological polar surface area (TPSA) is 79.4 Å². The van der Waals surface area contributed by atoms with Gasteiger partial charge in [0.05, 0.1) is 21.3 Å². The highest BCUT2D eigenvalue weighted by molar-refractivity contribution is 7.22. The second-order valence-corrected chi connectivity index (χ2v) is 8.43. The van der Waals surface area contributed by atoms with Crippen LogP contribution in [0, 0.1) is 13.8 Å². The fourth-order valence-electron chi connectivity index (χ4n) is 3.53. The lowest BCUT2D eigenvalue weighted by molar-refractivity contribution is 0.0925. The molecular formula is C24H17N3O3S. The summed E-state index contributed by atoms with van der Waals surface area (Å²) in [7, 11) is 0. The van der Waals surface area contributed by atoms with Gasteiger partial charge >= 0.3 is 0 Å². The fourth-order valence-corrected chi connectivity index (χ4v) is 4.54. The van der Waals surface area contributed by atoms with Gasteiger partial charge in [0.25, 0.3) is 17.7 Å². The van der Waals surface area contributed by atoms with Crippen LogP contribution in [0.1, 0.15) is 42.2 Å². The van der Waals surface area contributed by atoms with Crippen LogP contribution < -0.4 is 10.2 Å². The van der Waals surface area contributed by atoms with Crippen molar-refractivity contribution in [2.75, 3.05) is 10.2 Å². The van der Waals surface area contributed by atoms with Crippen LogP contribution in [0.2, 0.25) is 0 Å². The van der Waals surface area contributed by atoms with Crippen LogP contribution in [-0.2, 0) is 0 Å². The van der Waals surface area contributed by atoms with Gasteiger partial charge in [-0.15, -0.1) is 0 Å². The van der Waals surface area contributed by atoms with Crippen LogP contribution >= 0.6 is 11.3 Å². The molecule has 5 rings (SSSR count). The van der Waals surface area contributed by atoms with E-state index in [1.807, 2.05) is 32.0 Å². The Labute approximate surface area is 182 Å². The molecule has 3 amide bonds. The number of aromatic nitrogens is 1. The number of hydrogen-bond acceptors (Lipinski definition) is 5. The van der Waals surface area contributed by atoms with Crippen LogP contribution in [-0.4, -0.2) is 22.7 Å². The Hall–Kier alpha value is -3.84. The zero-order valence-corrected chi connectivity index (χ0v) is 17.6. The normalized spacial score (nSPS) is 13.0. The maximum absolute atomic E-state index is 12.7. The molecule has 1 aliphatic rings. The molecule has 6 nitrogen and oxygen atoms in total. The summed E-state index contributed by atoms with van der Waals surface area (Å²) >= 11 is 1.21. The second-order valence-electron chi connectivity index (χ2n) is 7.42. The molecule has 0 saturated carbocycles. The van der Waals surface area contributed by atoms with E-state index in [1.54, 1.807) is 42.5 Å². The first-order chi connectivity index (χ1) is 14.9. The molecule has 3 aromatic carbocycles. The van der Waals surface area contributed by atoms with E-state index in [2.05, 4.69) is 10.3 Å². The largest absolute Gasteiger partial charge is 0.322 e. The van der Waals surface area contributed by atoms with E-state index in [4.69, 9.17) is 0 Å². The minimum Gasteiger partial charge on any atom is -0.322 e. The van der Waals surface area contributed by atoms with E-state index in [9.17, 15) is 14.4 Å². The molecule has 1 aromatic heterocycles. The average molecular weight is 427 g/mol. The van der Waals surface area contributed by atoms with Crippen molar-refractivity contribution in [1.29, 1.82) is 0 Å². The van der Waals surface area contributed by atoms with Crippen molar-refractivity contribution in [1.82, 2.24) is 4.98 Å². The highest BCUT2D eigenvalue weighted by Gasteiger charge is 2.38. The molecule has 0 unspecified atom stereocenters. The summed E-state index contributed by atoms with van der Waals surface area (Å²) < 4.78 is 0.722. The average Bonchev–Trinajstić information content (AvgIpc) is 3.29. The second kappa shape index (κ2) is 7.14. The SMILES string of the molecule is Cc1ccc(NC(=O)c2ccc3nc(N4C(=O)c5ccccc5C4=O)sc3c2)cc1C. The van der Waals surface area contributed by atoms with Gasteiger partial charge in [0.1, 0.15) is 0 Å². The zero-order chi connectivity index (χ0) is 21.7. The first-order valence-corrected chi connectivity index (χ1v) is 10.5. The number of anilines is 2. The maximum Gasteiger partial charge on any atom is 0.268 e. The van der Waals surface area contributed by atoms with Gasteiger partial charge in [-0.05, 0) is 67.4 Å². The Morgan fingerprint density at radius 2 is 1.61 bits per heavy atom. The summed E-state index contributed by atoms with van der Waals surface area (Å²) in [5.74, 6) is -0.999. The molecule has 31 heavy (non-hydrogen) atoms. The van der Waals surface area contributed by atoms with Gasteiger partial charge in [0.2, 0.25) is 5.13 Å². The molecular weight excluding hydrogens is 410 g/mol. The summed E-state index contributed by atoms with van der Waals surface area (Å²) in [5, 5.41) is 3.20. The Kier molecular flexibility index (Phi) is 4.41. The number of rotatable bonds is 3.